The lowest BCUT2D eigenvalue weighted by atomic mass is 9.90. The van der Waals surface area contributed by atoms with Crippen molar-refractivity contribution in [2.24, 2.45) is 5.92 Å². The molecule has 1 unspecified atom stereocenters. The van der Waals surface area contributed by atoms with E-state index in [1.54, 1.807) is 0 Å². The first-order chi connectivity index (χ1) is 8.72. The van der Waals surface area contributed by atoms with Gasteiger partial charge in [0.05, 0.1) is 5.54 Å². The van der Waals surface area contributed by atoms with Crippen molar-refractivity contribution < 1.29 is 4.79 Å². The minimum Gasteiger partial charge on any atom is -0.341 e. The van der Waals surface area contributed by atoms with Crippen LogP contribution in [-0.4, -0.2) is 36.0 Å². The van der Waals surface area contributed by atoms with Gasteiger partial charge in [-0.15, -0.1) is 0 Å². The van der Waals surface area contributed by atoms with Crippen LogP contribution in [0.4, 0.5) is 0 Å². The zero-order valence-electron chi connectivity index (χ0n) is 12.0. The number of carbonyl (C=O) groups is 1. The van der Waals surface area contributed by atoms with Crippen molar-refractivity contribution in [3.8, 4) is 0 Å². The van der Waals surface area contributed by atoms with Gasteiger partial charge in [0.2, 0.25) is 5.91 Å². The Labute approximate surface area is 111 Å². The highest BCUT2D eigenvalue weighted by Gasteiger charge is 2.43. The molecule has 1 aliphatic heterocycles. The summed E-state index contributed by atoms with van der Waals surface area (Å²) in [5.74, 6) is 1.18. The topological polar surface area (TPSA) is 32.3 Å². The van der Waals surface area contributed by atoms with E-state index in [9.17, 15) is 4.79 Å². The summed E-state index contributed by atoms with van der Waals surface area (Å²) in [5.41, 5.74) is -0.223. The summed E-state index contributed by atoms with van der Waals surface area (Å²) in [6, 6.07) is 0. The molecule has 2 fully saturated rings. The lowest BCUT2D eigenvalue weighted by molar-refractivity contribution is -0.138. The van der Waals surface area contributed by atoms with Gasteiger partial charge in [0.15, 0.2) is 0 Å². The molecule has 0 radical (unpaired) electrons. The average molecular weight is 252 g/mol. The van der Waals surface area contributed by atoms with Crippen LogP contribution in [-0.2, 0) is 4.79 Å². The molecular formula is C15H28N2O. The van der Waals surface area contributed by atoms with Gasteiger partial charge < -0.3 is 10.2 Å². The van der Waals surface area contributed by atoms with Crippen molar-refractivity contribution in [1.82, 2.24) is 10.2 Å². The van der Waals surface area contributed by atoms with Crippen LogP contribution in [0, 0.1) is 5.92 Å². The maximum atomic E-state index is 12.9. The summed E-state index contributed by atoms with van der Waals surface area (Å²) < 4.78 is 0. The van der Waals surface area contributed by atoms with Gasteiger partial charge in [0.25, 0.3) is 0 Å². The van der Waals surface area contributed by atoms with Gasteiger partial charge in [0, 0.05) is 13.1 Å². The van der Waals surface area contributed by atoms with E-state index in [1.165, 1.54) is 12.8 Å². The second kappa shape index (κ2) is 6.05. The predicted molar refractivity (Wildman–Crippen MR) is 74.5 cm³/mol. The third kappa shape index (κ3) is 3.05. The highest BCUT2D eigenvalue weighted by molar-refractivity contribution is 5.86. The van der Waals surface area contributed by atoms with Gasteiger partial charge in [-0.2, -0.15) is 0 Å². The minimum atomic E-state index is -0.223. The number of carbonyl (C=O) groups excluding carboxylic acids is 1. The molecule has 104 valence electrons. The average Bonchev–Trinajstić information content (AvgIpc) is 3.05. The van der Waals surface area contributed by atoms with Gasteiger partial charge in [-0.3, -0.25) is 4.79 Å². The van der Waals surface area contributed by atoms with E-state index in [-0.39, 0.29) is 5.54 Å². The summed E-state index contributed by atoms with van der Waals surface area (Å²) >= 11 is 0. The number of nitrogens with zero attached hydrogens (tertiary/aromatic N) is 1. The lowest BCUT2D eigenvalue weighted by Crippen LogP contribution is -2.55. The molecule has 1 saturated carbocycles. The molecule has 3 nitrogen and oxygen atoms in total. The number of hydrogen-bond acceptors (Lipinski definition) is 2. The lowest BCUT2D eigenvalue weighted by Gasteiger charge is -2.34. The number of amides is 1. The first-order valence-corrected chi connectivity index (χ1v) is 7.76. The molecular weight excluding hydrogens is 224 g/mol. The molecule has 2 rings (SSSR count). The first-order valence-electron chi connectivity index (χ1n) is 7.76. The summed E-state index contributed by atoms with van der Waals surface area (Å²) in [4.78, 5) is 15.0. The number of hydrogen-bond donors (Lipinski definition) is 1. The van der Waals surface area contributed by atoms with Crippen molar-refractivity contribution in [3.63, 3.8) is 0 Å². The second-order valence-corrected chi connectivity index (χ2v) is 6.06. The number of rotatable bonds is 7. The van der Waals surface area contributed by atoms with Crippen LogP contribution in [0.2, 0.25) is 0 Å². The van der Waals surface area contributed by atoms with E-state index in [0.717, 1.165) is 57.7 Å². The van der Waals surface area contributed by atoms with Gasteiger partial charge >= 0.3 is 0 Å². The maximum Gasteiger partial charge on any atom is 0.242 e. The predicted octanol–water partition coefficient (Wildman–Crippen LogP) is 2.56. The van der Waals surface area contributed by atoms with Gasteiger partial charge in [0.1, 0.15) is 0 Å². The van der Waals surface area contributed by atoms with Crippen LogP contribution in [0.5, 0.6) is 0 Å². The van der Waals surface area contributed by atoms with Crippen molar-refractivity contribution in [2.45, 2.75) is 64.3 Å². The van der Waals surface area contributed by atoms with Crippen LogP contribution in [0.1, 0.15) is 58.8 Å². The maximum absolute atomic E-state index is 12.9. The molecule has 0 aromatic rings. The molecule has 0 spiro atoms. The highest BCUT2D eigenvalue weighted by Crippen LogP contribution is 2.32. The van der Waals surface area contributed by atoms with E-state index >= 15 is 0 Å². The molecule has 3 heteroatoms. The Bertz CT molecular complexity index is 280. The Morgan fingerprint density at radius 1 is 1.33 bits per heavy atom. The van der Waals surface area contributed by atoms with Crippen LogP contribution >= 0.6 is 0 Å². The molecule has 2 aliphatic rings. The van der Waals surface area contributed by atoms with Crippen LogP contribution < -0.4 is 5.32 Å². The second-order valence-electron chi connectivity index (χ2n) is 6.06. The Kier molecular flexibility index (Phi) is 4.66. The molecule has 1 N–H and O–H groups in total. The quantitative estimate of drug-likeness (QED) is 0.755. The largest absolute Gasteiger partial charge is 0.341 e. The standard InChI is InChI=1S/C15H28N2O/c1-3-8-15(9-5-10-16-15)14(18)17(11-4-2)12-13-6-7-13/h13,16H,3-12H2,1-2H3. The van der Waals surface area contributed by atoms with Crippen LogP contribution in [0.3, 0.4) is 0 Å². The summed E-state index contributed by atoms with van der Waals surface area (Å²) in [6.45, 7) is 7.29. The van der Waals surface area contributed by atoms with E-state index < -0.39 is 0 Å². The Hall–Kier alpha value is -0.570. The third-order valence-electron chi connectivity index (χ3n) is 4.29. The van der Waals surface area contributed by atoms with E-state index in [2.05, 4.69) is 24.1 Å². The van der Waals surface area contributed by atoms with Gasteiger partial charge in [-0.25, -0.2) is 0 Å². The summed E-state index contributed by atoms with van der Waals surface area (Å²) in [7, 11) is 0. The van der Waals surface area contributed by atoms with Crippen LogP contribution in [0.15, 0.2) is 0 Å². The van der Waals surface area contributed by atoms with Crippen molar-refractivity contribution in [2.75, 3.05) is 19.6 Å². The molecule has 18 heavy (non-hydrogen) atoms. The summed E-state index contributed by atoms with van der Waals surface area (Å²) in [5, 5.41) is 3.51. The van der Waals surface area contributed by atoms with Gasteiger partial charge in [-0.05, 0) is 51.0 Å². The van der Waals surface area contributed by atoms with E-state index in [0.29, 0.717) is 5.91 Å². The summed E-state index contributed by atoms with van der Waals surface area (Å²) in [6.07, 6.45) is 7.97. The molecule has 1 saturated heterocycles. The monoisotopic (exact) mass is 252 g/mol. The Morgan fingerprint density at radius 3 is 2.61 bits per heavy atom. The smallest absolute Gasteiger partial charge is 0.242 e. The highest BCUT2D eigenvalue weighted by atomic mass is 16.2. The zero-order valence-corrected chi connectivity index (χ0v) is 12.0. The van der Waals surface area contributed by atoms with Gasteiger partial charge in [-0.1, -0.05) is 20.3 Å². The molecule has 0 aromatic heterocycles. The molecule has 0 aromatic carbocycles. The fraction of sp³-hybridized carbons (Fsp3) is 0.933. The minimum absolute atomic E-state index is 0.223. The van der Waals surface area contributed by atoms with Crippen LogP contribution in [0.25, 0.3) is 0 Å². The molecule has 0 bridgehead atoms. The molecule has 1 amide bonds. The van der Waals surface area contributed by atoms with Crippen molar-refractivity contribution in [1.29, 1.82) is 0 Å². The first kappa shape index (κ1) is 13.9. The SMILES string of the molecule is CCCN(CC1CC1)C(=O)C1(CCC)CCCN1. The Morgan fingerprint density at radius 2 is 2.11 bits per heavy atom. The third-order valence-corrected chi connectivity index (χ3v) is 4.29. The molecule has 1 heterocycles. The number of nitrogens with one attached hydrogen (secondary N) is 1. The molecule has 1 aliphatic carbocycles. The van der Waals surface area contributed by atoms with Crippen molar-refractivity contribution in [3.05, 3.63) is 0 Å². The van der Waals surface area contributed by atoms with E-state index in [1.807, 2.05) is 0 Å². The van der Waals surface area contributed by atoms with Crippen molar-refractivity contribution >= 4 is 5.91 Å². The molecule has 1 atom stereocenters. The fourth-order valence-corrected chi connectivity index (χ4v) is 3.20. The fourth-order valence-electron chi connectivity index (χ4n) is 3.20. The van der Waals surface area contributed by atoms with E-state index in [4.69, 9.17) is 0 Å². The Balaban J connectivity index is 2.03. The normalized spacial score (nSPS) is 27.4. The zero-order chi connectivity index (χ0) is 13.0.